The third-order valence-corrected chi connectivity index (χ3v) is 7.27. The van der Waals surface area contributed by atoms with Crippen molar-refractivity contribution in [3.63, 3.8) is 0 Å². The van der Waals surface area contributed by atoms with Gasteiger partial charge in [0.15, 0.2) is 4.91 Å². The van der Waals surface area contributed by atoms with Gasteiger partial charge in [0.1, 0.15) is 16.5 Å². The first kappa shape index (κ1) is 20.2. The molecule has 0 amide bonds. The van der Waals surface area contributed by atoms with E-state index in [1.54, 1.807) is 23.6 Å². The number of carbonyl (C=O) groups excluding carboxylic acids is 1. The van der Waals surface area contributed by atoms with Gasteiger partial charge < -0.3 is 5.32 Å². The van der Waals surface area contributed by atoms with Crippen molar-refractivity contribution in [2.24, 2.45) is 0 Å². The zero-order chi connectivity index (χ0) is 21.3. The summed E-state index contributed by atoms with van der Waals surface area (Å²) in [6, 6.07) is 12.8. The maximum Gasteiger partial charge on any atom is 0.270 e. The lowest BCUT2D eigenvalue weighted by atomic mass is 10.2. The third-order valence-electron chi connectivity index (χ3n) is 4.60. The molecule has 154 valence electrons. The van der Waals surface area contributed by atoms with Crippen LogP contribution in [0.2, 0.25) is 0 Å². The smallest absolute Gasteiger partial charge is 0.270 e. The number of hydrogen-bond donors (Lipinski definition) is 1. The number of nitrogens with zero attached hydrogens (tertiary/aromatic N) is 1. The van der Waals surface area contributed by atoms with Crippen molar-refractivity contribution in [2.45, 2.75) is 13.1 Å². The van der Waals surface area contributed by atoms with E-state index >= 15 is 0 Å². The normalized spacial score (nSPS) is 16.5. The van der Waals surface area contributed by atoms with Crippen LogP contribution in [0.1, 0.15) is 20.8 Å². The van der Waals surface area contributed by atoms with Crippen molar-refractivity contribution < 1.29 is 22.0 Å². The topological polar surface area (TPSA) is 66.5 Å². The van der Waals surface area contributed by atoms with E-state index in [9.17, 15) is 22.0 Å². The largest absolute Gasteiger partial charge is 0.386 e. The van der Waals surface area contributed by atoms with E-state index < -0.39 is 21.6 Å². The van der Waals surface area contributed by atoms with Gasteiger partial charge in [0.05, 0.1) is 12.2 Å². The molecule has 0 bridgehead atoms. The Kier molecular flexibility index (Phi) is 5.40. The second-order valence-corrected chi connectivity index (χ2v) is 9.37. The molecule has 1 aromatic heterocycles. The number of nitrogens with one attached hydrogen (secondary N) is 1. The van der Waals surface area contributed by atoms with Crippen LogP contribution in [0.3, 0.4) is 0 Å². The van der Waals surface area contributed by atoms with E-state index in [0.29, 0.717) is 16.1 Å². The lowest BCUT2D eigenvalue weighted by Gasteiger charge is -2.29. The van der Waals surface area contributed by atoms with Gasteiger partial charge in [-0.15, -0.1) is 11.3 Å². The molecule has 0 atom stereocenters. The maximum absolute atomic E-state index is 13.2. The molecule has 0 fully saturated rings. The summed E-state index contributed by atoms with van der Waals surface area (Å²) in [5, 5.41) is 4.49. The van der Waals surface area contributed by atoms with E-state index in [4.69, 9.17) is 0 Å². The number of hydrogen-bond acceptors (Lipinski definition) is 5. The summed E-state index contributed by atoms with van der Waals surface area (Å²) in [6.07, 6.45) is 1.18. The van der Waals surface area contributed by atoms with Gasteiger partial charge in [-0.05, 0) is 46.8 Å². The molecule has 2 aromatic carbocycles. The SMILES string of the molecule is O=C1C(=CNCc2ccc(F)cc2)S(=O)(=O)N(Cc2ccc(F)cc2)c2ccsc21. The molecule has 1 aliphatic heterocycles. The minimum Gasteiger partial charge on any atom is -0.386 e. The van der Waals surface area contributed by atoms with E-state index in [1.807, 2.05) is 0 Å². The summed E-state index contributed by atoms with van der Waals surface area (Å²) in [5.74, 6) is -1.37. The van der Waals surface area contributed by atoms with Crippen LogP contribution < -0.4 is 9.62 Å². The van der Waals surface area contributed by atoms with Crippen molar-refractivity contribution in [3.8, 4) is 0 Å². The van der Waals surface area contributed by atoms with Gasteiger partial charge in [-0.3, -0.25) is 9.10 Å². The average Bonchev–Trinajstić information content (AvgIpc) is 3.20. The predicted molar refractivity (Wildman–Crippen MR) is 111 cm³/mol. The summed E-state index contributed by atoms with van der Waals surface area (Å²) in [6.45, 7) is 0.191. The van der Waals surface area contributed by atoms with Crippen molar-refractivity contribution in [2.75, 3.05) is 4.31 Å². The highest BCUT2D eigenvalue weighted by molar-refractivity contribution is 7.97. The lowest BCUT2D eigenvalue weighted by molar-refractivity contribution is 0.104. The number of carbonyl (C=O) groups is 1. The van der Waals surface area contributed by atoms with Crippen molar-refractivity contribution in [1.29, 1.82) is 0 Å². The Bertz CT molecular complexity index is 1220. The Morgan fingerprint density at radius 2 is 1.53 bits per heavy atom. The molecule has 0 unspecified atom stereocenters. The number of sulfonamides is 1. The first-order valence-electron chi connectivity index (χ1n) is 8.93. The maximum atomic E-state index is 13.2. The molecule has 0 saturated heterocycles. The van der Waals surface area contributed by atoms with Gasteiger partial charge in [-0.25, -0.2) is 17.2 Å². The molecule has 1 N–H and O–H groups in total. The van der Waals surface area contributed by atoms with Gasteiger partial charge in [0.25, 0.3) is 10.0 Å². The first-order valence-corrected chi connectivity index (χ1v) is 11.3. The molecule has 5 nitrogen and oxygen atoms in total. The molecule has 30 heavy (non-hydrogen) atoms. The van der Waals surface area contributed by atoms with Gasteiger partial charge >= 0.3 is 0 Å². The fraction of sp³-hybridized carbons (Fsp3) is 0.0952. The predicted octanol–water partition coefficient (Wildman–Crippen LogP) is 4.19. The minimum atomic E-state index is -4.13. The highest BCUT2D eigenvalue weighted by atomic mass is 32.2. The van der Waals surface area contributed by atoms with Crippen LogP contribution in [0.4, 0.5) is 14.5 Å². The summed E-state index contributed by atoms with van der Waals surface area (Å²) >= 11 is 1.16. The van der Waals surface area contributed by atoms with E-state index in [0.717, 1.165) is 21.2 Å². The van der Waals surface area contributed by atoms with Crippen molar-refractivity contribution in [3.05, 3.63) is 98.7 Å². The Hall–Kier alpha value is -3.04. The van der Waals surface area contributed by atoms with Crippen LogP contribution >= 0.6 is 11.3 Å². The zero-order valence-corrected chi connectivity index (χ0v) is 17.1. The highest BCUT2D eigenvalue weighted by Gasteiger charge is 2.41. The van der Waals surface area contributed by atoms with E-state index in [2.05, 4.69) is 5.32 Å². The van der Waals surface area contributed by atoms with Crippen LogP contribution in [0.5, 0.6) is 0 Å². The second kappa shape index (κ2) is 8.00. The number of ketones is 1. The average molecular weight is 447 g/mol. The molecule has 0 radical (unpaired) electrons. The Balaban J connectivity index is 1.65. The Morgan fingerprint density at radius 1 is 0.933 bits per heavy atom. The van der Waals surface area contributed by atoms with Crippen molar-refractivity contribution >= 4 is 32.8 Å². The summed E-state index contributed by atoms with van der Waals surface area (Å²) in [4.78, 5) is 12.8. The minimum absolute atomic E-state index is 0.0328. The van der Waals surface area contributed by atoms with E-state index in [-0.39, 0.29) is 23.8 Å². The molecule has 0 aliphatic carbocycles. The standard InChI is InChI=1S/C21H16F2N2O3S2/c22-16-5-1-14(2-6-16)11-24-12-19-20(26)21-18(9-10-29-21)25(30(19,27)28)13-15-3-7-17(23)8-4-15/h1-10,12,24H,11,13H2. The molecular weight excluding hydrogens is 430 g/mol. The van der Waals surface area contributed by atoms with Crippen LogP contribution in [-0.2, 0) is 23.1 Å². The molecular formula is C21H16F2N2O3S2. The Labute approximate surface area is 176 Å². The third kappa shape index (κ3) is 3.86. The van der Waals surface area contributed by atoms with Gasteiger partial charge in [-0.2, -0.15) is 0 Å². The monoisotopic (exact) mass is 446 g/mol. The molecule has 2 heterocycles. The number of anilines is 1. The summed E-state index contributed by atoms with van der Waals surface area (Å²) in [7, 11) is -4.13. The quantitative estimate of drug-likeness (QED) is 0.597. The molecule has 0 saturated carbocycles. The number of rotatable bonds is 5. The fourth-order valence-corrected chi connectivity index (χ4v) is 5.58. The molecule has 1 aliphatic rings. The number of benzene rings is 2. The molecule has 9 heteroatoms. The molecule has 3 aromatic rings. The number of Topliss-reactive ketones (excluding diaryl/α,β-unsaturated/α-hetero) is 1. The van der Waals surface area contributed by atoms with Crippen LogP contribution in [-0.4, -0.2) is 14.2 Å². The lowest BCUT2D eigenvalue weighted by Crippen LogP contribution is -2.38. The Morgan fingerprint density at radius 3 is 2.17 bits per heavy atom. The second-order valence-electron chi connectivity index (χ2n) is 6.62. The number of allylic oxidation sites excluding steroid dienone is 1. The van der Waals surface area contributed by atoms with Gasteiger partial charge in [-0.1, -0.05) is 24.3 Å². The number of fused-ring (bicyclic) bond motifs is 1. The van der Waals surface area contributed by atoms with Crippen molar-refractivity contribution in [1.82, 2.24) is 5.32 Å². The van der Waals surface area contributed by atoms with E-state index in [1.165, 1.54) is 42.6 Å². The number of halogens is 2. The summed E-state index contributed by atoms with van der Waals surface area (Å²) in [5.41, 5.74) is 1.63. The number of thiophene rings is 1. The van der Waals surface area contributed by atoms with Crippen LogP contribution in [0, 0.1) is 11.6 Å². The fourth-order valence-electron chi connectivity index (χ4n) is 3.08. The summed E-state index contributed by atoms with van der Waals surface area (Å²) < 4.78 is 53.8. The first-order chi connectivity index (χ1) is 14.4. The van der Waals surface area contributed by atoms with Gasteiger partial charge in [0.2, 0.25) is 5.78 Å². The molecule has 0 spiro atoms. The highest BCUT2D eigenvalue weighted by Crippen LogP contribution is 2.39. The zero-order valence-electron chi connectivity index (χ0n) is 15.5. The van der Waals surface area contributed by atoms with Crippen LogP contribution in [0.15, 0.2) is 71.1 Å². The molecule has 4 rings (SSSR count). The van der Waals surface area contributed by atoms with Crippen LogP contribution in [0.25, 0.3) is 0 Å². The van der Waals surface area contributed by atoms with Gasteiger partial charge in [0, 0.05) is 12.7 Å².